The molecule has 1 aromatic heterocycles. The van der Waals surface area contributed by atoms with Gasteiger partial charge in [0.05, 0.1) is 13.5 Å². The topological polar surface area (TPSA) is 85.5 Å². The molecule has 0 aliphatic heterocycles. The van der Waals surface area contributed by atoms with Crippen molar-refractivity contribution in [3.63, 3.8) is 0 Å². The zero-order valence-electron chi connectivity index (χ0n) is 9.79. The first-order valence-electron chi connectivity index (χ1n) is 5.37. The van der Waals surface area contributed by atoms with Crippen LogP contribution in [0.3, 0.4) is 0 Å². The van der Waals surface area contributed by atoms with E-state index < -0.39 is 5.97 Å². The van der Waals surface area contributed by atoms with Crippen LogP contribution in [0.4, 0.5) is 0 Å². The quantitative estimate of drug-likeness (QED) is 0.867. The minimum Gasteiger partial charge on any atom is -0.497 e. The van der Waals surface area contributed by atoms with E-state index in [1.54, 1.807) is 13.2 Å². The Hall–Kier alpha value is -2.37. The molecule has 1 N–H and O–H groups in total. The van der Waals surface area contributed by atoms with Gasteiger partial charge < -0.3 is 14.3 Å². The van der Waals surface area contributed by atoms with Crippen molar-refractivity contribution >= 4 is 5.97 Å². The lowest BCUT2D eigenvalue weighted by molar-refractivity contribution is -0.137. The predicted octanol–water partition coefficient (Wildman–Crippen LogP) is 1.76. The maximum absolute atomic E-state index is 10.4. The van der Waals surface area contributed by atoms with E-state index in [1.165, 1.54) is 0 Å². The molecule has 6 nitrogen and oxygen atoms in total. The Morgan fingerprint density at radius 3 is 3.00 bits per heavy atom. The van der Waals surface area contributed by atoms with Crippen LogP contribution in [0.15, 0.2) is 28.7 Å². The molecule has 0 aliphatic rings. The number of aromatic nitrogens is 2. The van der Waals surface area contributed by atoms with Crippen molar-refractivity contribution in [1.29, 1.82) is 0 Å². The third-order valence-electron chi connectivity index (χ3n) is 2.34. The lowest BCUT2D eigenvalue weighted by Gasteiger charge is -2.00. The van der Waals surface area contributed by atoms with Gasteiger partial charge in [-0.2, -0.15) is 0 Å². The first-order valence-corrected chi connectivity index (χ1v) is 5.37. The van der Waals surface area contributed by atoms with Crippen LogP contribution in [-0.2, 0) is 11.2 Å². The van der Waals surface area contributed by atoms with Crippen LogP contribution in [0.1, 0.15) is 12.3 Å². The smallest absolute Gasteiger partial charge is 0.303 e. The van der Waals surface area contributed by atoms with Crippen LogP contribution in [0.5, 0.6) is 5.75 Å². The first-order chi connectivity index (χ1) is 8.69. The Balaban J connectivity index is 2.15. The third kappa shape index (κ3) is 2.85. The van der Waals surface area contributed by atoms with Crippen molar-refractivity contribution in [2.75, 3.05) is 7.11 Å². The summed E-state index contributed by atoms with van der Waals surface area (Å²) >= 11 is 0. The number of hydrogen-bond donors (Lipinski definition) is 1. The van der Waals surface area contributed by atoms with Crippen LogP contribution in [0.25, 0.3) is 11.5 Å². The highest BCUT2D eigenvalue weighted by Crippen LogP contribution is 2.22. The molecule has 2 aromatic rings. The van der Waals surface area contributed by atoms with Gasteiger partial charge in [0, 0.05) is 12.0 Å². The molecule has 1 aromatic carbocycles. The molecule has 0 saturated heterocycles. The molecule has 0 bridgehead atoms. The summed E-state index contributed by atoms with van der Waals surface area (Å²) in [5.41, 5.74) is 0.739. The molecule has 0 unspecified atom stereocenters. The number of nitrogens with zero attached hydrogens (tertiary/aromatic N) is 2. The summed E-state index contributed by atoms with van der Waals surface area (Å²) in [5.74, 6) is 0.471. The van der Waals surface area contributed by atoms with Crippen LogP contribution in [0.2, 0.25) is 0 Å². The lowest BCUT2D eigenvalue weighted by Crippen LogP contribution is -1.97. The highest BCUT2D eigenvalue weighted by molar-refractivity contribution is 5.66. The number of ether oxygens (including phenoxy) is 1. The fourth-order valence-electron chi connectivity index (χ4n) is 1.44. The van der Waals surface area contributed by atoms with Crippen LogP contribution in [-0.4, -0.2) is 28.4 Å². The summed E-state index contributed by atoms with van der Waals surface area (Å²) in [6.45, 7) is 0. The van der Waals surface area contributed by atoms with Gasteiger partial charge in [-0.3, -0.25) is 4.79 Å². The fraction of sp³-hybridized carbons (Fsp3) is 0.250. The summed E-state index contributed by atoms with van der Waals surface area (Å²) in [6, 6.07) is 7.21. The molecule has 0 atom stereocenters. The Labute approximate surface area is 103 Å². The number of methoxy groups -OCH3 is 1. The summed E-state index contributed by atoms with van der Waals surface area (Å²) in [6.07, 6.45) is 0.200. The Morgan fingerprint density at radius 1 is 1.44 bits per heavy atom. The average molecular weight is 248 g/mol. The number of carboxylic acid groups (broad SMARTS) is 1. The van der Waals surface area contributed by atoms with E-state index in [0.717, 1.165) is 5.56 Å². The van der Waals surface area contributed by atoms with Gasteiger partial charge in [0.1, 0.15) is 5.75 Å². The number of carbonyl (C=O) groups is 1. The Morgan fingerprint density at radius 2 is 2.28 bits per heavy atom. The van der Waals surface area contributed by atoms with Crippen molar-refractivity contribution in [3.8, 4) is 17.2 Å². The molecular weight excluding hydrogens is 236 g/mol. The molecule has 0 spiro atoms. The molecular formula is C12H12N2O4. The molecule has 18 heavy (non-hydrogen) atoms. The molecule has 0 saturated carbocycles. The van der Waals surface area contributed by atoms with Crippen LogP contribution in [0, 0.1) is 0 Å². The number of benzene rings is 1. The Bertz CT molecular complexity index is 551. The van der Waals surface area contributed by atoms with Crippen molar-refractivity contribution < 1.29 is 19.1 Å². The molecule has 2 rings (SSSR count). The standard InChI is InChI=1S/C12H12N2O4/c1-17-9-4-2-3-8(7-9)12-14-13-10(18-12)5-6-11(15)16/h2-4,7H,5-6H2,1H3,(H,15,16). The van der Waals surface area contributed by atoms with Gasteiger partial charge in [-0.05, 0) is 18.2 Å². The number of carboxylic acids is 1. The van der Waals surface area contributed by atoms with Crippen molar-refractivity contribution in [2.45, 2.75) is 12.8 Å². The SMILES string of the molecule is COc1cccc(-c2nnc(CCC(=O)O)o2)c1. The maximum Gasteiger partial charge on any atom is 0.303 e. The third-order valence-corrected chi connectivity index (χ3v) is 2.34. The van der Waals surface area contributed by atoms with Crippen LogP contribution < -0.4 is 4.74 Å². The molecule has 6 heteroatoms. The van der Waals surface area contributed by atoms with E-state index in [4.69, 9.17) is 14.3 Å². The molecule has 0 fully saturated rings. The number of rotatable bonds is 5. The minimum absolute atomic E-state index is 0.0280. The zero-order valence-corrected chi connectivity index (χ0v) is 9.79. The molecule has 0 radical (unpaired) electrons. The van der Waals surface area contributed by atoms with Gasteiger partial charge >= 0.3 is 5.97 Å². The fourth-order valence-corrected chi connectivity index (χ4v) is 1.44. The first kappa shape index (κ1) is 12.1. The highest BCUT2D eigenvalue weighted by atomic mass is 16.5. The summed E-state index contributed by atoms with van der Waals surface area (Å²) in [4.78, 5) is 10.4. The highest BCUT2D eigenvalue weighted by Gasteiger charge is 2.10. The van der Waals surface area contributed by atoms with Gasteiger partial charge in [-0.1, -0.05) is 6.07 Å². The predicted molar refractivity (Wildman–Crippen MR) is 62.2 cm³/mol. The average Bonchev–Trinajstić information content (AvgIpc) is 2.85. The molecule has 1 heterocycles. The van der Waals surface area contributed by atoms with Gasteiger partial charge in [-0.25, -0.2) is 0 Å². The molecule has 94 valence electrons. The van der Waals surface area contributed by atoms with Crippen LogP contribution >= 0.6 is 0 Å². The van der Waals surface area contributed by atoms with Crippen molar-refractivity contribution in [1.82, 2.24) is 10.2 Å². The number of aliphatic carboxylic acids is 1. The van der Waals surface area contributed by atoms with E-state index >= 15 is 0 Å². The molecule has 0 aliphatic carbocycles. The number of hydrogen-bond acceptors (Lipinski definition) is 5. The monoisotopic (exact) mass is 248 g/mol. The maximum atomic E-state index is 10.4. The van der Waals surface area contributed by atoms with E-state index in [1.807, 2.05) is 18.2 Å². The molecule has 0 amide bonds. The summed E-state index contributed by atoms with van der Waals surface area (Å²) in [5, 5.41) is 16.2. The normalized spacial score (nSPS) is 10.3. The van der Waals surface area contributed by atoms with Gasteiger partial charge in [0.15, 0.2) is 0 Å². The van der Waals surface area contributed by atoms with Gasteiger partial charge in [0.2, 0.25) is 11.8 Å². The van der Waals surface area contributed by atoms with Crippen molar-refractivity contribution in [2.24, 2.45) is 0 Å². The second kappa shape index (κ2) is 5.31. The second-order valence-electron chi connectivity index (χ2n) is 3.63. The van der Waals surface area contributed by atoms with Gasteiger partial charge in [0.25, 0.3) is 0 Å². The second-order valence-corrected chi connectivity index (χ2v) is 3.63. The number of aryl methyl sites for hydroxylation is 1. The summed E-state index contributed by atoms with van der Waals surface area (Å²) in [7, 11) is 1.57. The lowest BCUT2D eigenvalue weighted by atomic mass is 10.2. The zero-order chi connectivity index (χ0) is 13.0. The van der Waals surface area contributed by atoms with E-state index in [0.29, 0.717) is 17.5 Å². The van der Waals surface area contributed by atoms with E-state index in [2.05, 4.69) is 10.2 Å². The minimum atomic E-state index is -0.892. The Kier molecular flexibility index (Phi) is 3.57. The van der Waals surface area contributed by atoms with Gasteiger partial charge in [-0.15, -0.1) is 10.2 Å². The largest absolute Gasteiger partial charge is 0.497 e. The van der Waals surface area contributed by atoms with Crippen molar-refractivity contribution in [3.05, 3.63) is 30.2 Å². The van der Waals surface area contributed by atoms with E-state index in [9.17, 15) is 4.79 Å². The summed E-state index contributed by atoms with van der Waals surface area (Å²) < 4.78 is 10.5. The van der Waals surface area contributed by atoms with E-state index in [-0.39, 0.29) is 12.8 Å².